The minimum Gasteiger partial charge on any atom is -0.230 e. The van der Waals surface area contributed by atoms with Crippen LogP contribution in [0.3, 0.4) is 0 Å². The molecule has 0 unspecified atom stereocenters. The number of para-hydroxylation sites is 1. The van der Waals surface area contributed by atoms with E-state index in [2.05, 4.69) is 0 Å². The molecule has 14 heavy (non-hydrogen) atoms. The van der Waals surface area contributed by atoms with E-state index < -0.39 is 10.1 Å². The van der Waals surface area contributed by atoms with E-state index in [1.807, 2.05) is 0 Å². The van der Waals surface area contributed by atoms with E-state index in [4.69, 9.17) is 0 Å². The molecular formula is C6H5BN3O4. The number of nitrogens with zero attached hydrogens (tertiary/aromatic N) is 3. The molecule has 0 spiro atoms. The van der Waals surface area contributed by atoms with Gasteiger partial charge in [-0.1, -0.05) is 18.2 Å². The summed E-state index contributed by atoms with van der Waals surface area (Å²) in [5.74, 6) is 0. The maximum absolute atomic E-state index is 10.2. The van der Waals surface area contributed by atoms with Crippen LogP contribution in [0.5, 0.6) is 0 Å². The third kappa shape index (κ3) is 2.44. The average molecular weight is 194 g/mol. The van der Waals surface area contributed by atoms with Gasteiger partial charge in [0, 0.05) is 8.41 Å². The summed E-state index contributed by atoms with van der Waals surface area (Å²) in [4.78, 5) is 20.5. The van der Waals surface area contributed by atoms with Gasteiger partial charge < -0.3 is 0 Å². The highest BCUT2D eigenvalue weighted by molar-refractivity contribution is 5.75. The predicted octanol–water partition coefficient (Wildman–Crippen LogP) is 0.496. The van der Waals surface area contributed by atoms with Crippen LogP contribution in [0.1, 0.15) is 0 Å². The van der Waals surface area contributed by atoms with Gasteiger partial charge in [0.1, 0.15) is 0 Å². The maximum Gasteiger partial charge on any atom is 0.228 e. The number of hydrogen-bond donors (Lipinski definition) is 0. The Hall–Kier alpha value is -2.12. The lowest BCUT2D eigenvalue weighted by molar-refractivity contribution is -0.711. The molecule has 0 aliphatic heterocycles. The fraction of sp³-hybridized carbons (Fsp3) is 0. The van der Waals surface area contributed by atoms with Crippen molar-refractivity contribution in [3.8, 4) is 0 Å². The van der Waals surface area contributed by atoms with Crippen LogP contribution in [-0.4, -0.2) is 18.5 Å². The van der Waals surface area contributed by atoms with Gasteiger partial charge in [-0.25, -0.2) is 20.2 Å². The van der Waals surface area contributed by atoms with Crippen LogP contribution < -0.4 is 5.12 Å². The second kappa shape index (κ2) is 4.80. The average Bonchev–Trinajstić information content (AvgIpc) is 2.04. The zero-order valence-corrected chi connectivity index (χ0v) is 6.94. The van der Waals surface area contributed by atoms with Crippen LogP contribution in [0.2, 0.25) is 0 Å². The Labute approximate surface area is 80.8 Å². The van der Waals surface area contributed by atoms with Gasteiger partial charge in [0.05, 0.1) is 0 Å². The van der Waals surface area contributed by atoms with Crippen molar-refractivity contribution in [1.82, 2.24) is 0 Å². The summed E-state index contributed by atoms with van der Waals surface area (Å²) in [5.41, 5.74) is -0.0856. The molecule has 1 aromatic carbocycles. The van der Waals surface area contributed by atoms with E-state index in [1.54, 1.807) is 6.07 Å². The quantitative estimate of drug-likeness (QED) is 0.396. The van der Waals surface area contributed by atoms with Crippen molar-refractivity contribution < 1.29 is 10.1 Å². The monoisotopic (exact) mass is 194 g/mol. The molecule has 0 saturated carbocycles. The lowest BCUT2D eigenvalue weighted by Gasteiger charge is -2.01. The second-order valence-electron chi connectivity index (χ2n) is 2.10. The zero-order chi connectivity index (χ0) is 9.84. The van der Waals surface area contributed by atoms with Gasteiger partial charge in [-0.05, 0) is 12.1 Å². The van der Waals surface area contributed by atoms with Gasteiger partial charge in [-0.15, -0.1) is 0 Å². The molecule has 71 valence electrons. The third-order valence-electron chi connectivity index (χ3n) is 1.30. The molecule has 0 aliphatic carbocycles. The summed E-state index contributed by atoms with van der Waals surface area (Å²) in [6.45, 7) is 0. The lowest BCUT2D eigenvalue weighted by atomic mass is 10.3. The van der Waals surface area contributed by atoms with Gasteiger partial charge in [0.25, 0.3) is 0 Å². The Morgan fingerprint density at radius 3 is 1.79 bits per heavy atom. The molecule has 3 radical (unpaired) electrons. The Bertz CT molecular complexity index is 317. The van der Waals surface area contributed by atoms with Gasteiger partial charge in [0.2, 0.25) is 10.1 Å². The summed E-state index contributed by atoms with van der Waals surface area (Å²) in [5, 5.41) is 18.1. The van der Waals surface area contributed by atoms with Gasteiger partial charge in [-0.2, -0.15) is 0 Å². The summed E-state index contributed by atoms with van der Waals surface area (Å²) in [6.07, 6.45) is 0. The van der Waals surface area contributed by atoms with Crippen molar-refractivity contribution in [3.05, 3.63) is 50.6 Å². The first kappa shape index (κ1) is 11.9. The Morgan fingerprint density at radius 1 is 1.00 bits per heavy atom. The van der Waals surface area contributed by atoms with E-state index in [1.165, 1.54) is 24.3 Å². The first-order valence-corrected chi connectivity index (χ1v) is 3.26. The van der Waals surface area contributed by atoms with Crippen molar-refractivity contribution in [2.24, 2.45) is 0 Å². The molecular weight excluding hydrogens is 189 g/mol. The molecule has 7 nitrogen and oxygen atoms in total. The summed E-state index contributed by atoms with van der Waals surface area (Å²) >= 11 is 0. The minimum atomic E-state index is -1.09. The molecule has 0 bridgehead atoms. The Balaban J connectivity index is 0.00000169. The van der Waals surface area contributed by atoms with E-state index in [-0.39, 0.29) is 19.2 Å². The van der Waals surface area contributed by atoms with Crippen LogP contribution >= 0.6 is 0 Å². The van der Waals surface area contributed by atoms with Crippen LogP contribution in [0, 0.1) is 20.2 Å². The Kier molecular flexibility index (Phi) is 4.08. The van der Waals surface area contributed by atoms with Gasteiger partial charge >= 0.3 is 0 Å². The predicted molar refractivity (Wildman–Crippen MR) is 48.7 cm³/mol. The highest BCUT2D eigenvalue weighted by Crippen LogP contribution is 2.12. The molecule has 0 saturated heterocycles. The fourth-order valence-electron chi connectivity index (χ4n) is 0.810. The zero-order valence-electron chi connectivity index (χ0n) is 6.94. The van der Waals surface area contributed by atoms with E-state index >= 15 is 0 Å². The first-order valence-electron chi connectivity index (χ1n) is 3.26. The third-order valence-corrected chi connectivity index (χ3v) is 1.30. The van der Waals surface area contributed by atoms with Crippen LogP contribution in [0.15, 0.2) is 30.3 Å². The van der Waals surface area contributed by atoms with E-state index in [9.17, 15) is 20.2 Å². The molecule has 0 heterocycles. The molecule has 1 rings (SSSR count). The number of hydrogen-bond acceptors (Lipinski definition) is 4. The molecule has 0 amide bonds. The number of nitro groups is 2. The van der Waals surface area contributed by atoms with Gasteiger partial charge in [0.15, 0.2) is 10.8 Å². The number of rotatable bonds is 3. The number of anilines is 1. The topological polar surface area (TPSA) is 89.5 Å². The van der Waals surface area contributed by atoms with E-state index in [0.717, 1.165) is 0 Å². The SMILES string of the molecule is O=[N+]([O-])N(c1ccccc1)[N+](=O)[O-].[B]. The molecule has 0 atom stereocenters. The number of benzene rings is 1. The molecule has 1 aromatic rings. The molecule has 0 fully saturated rings. The highest BCUT2D eigenvalue weighted by atomic mass is 16.8. The van der Waals surface area contributed by atoms with Crippen molar-refractivity contribution in [3.63, 3.8) is 0 Å². The largest absolute Gasteiger partial charge is 0.230 e. The minimum absolute atomic E-state index is 0. The van der Waals surface area contributed by atoms with Crippen LogP contribution in [-0.2, 0) is 0 Å². The summed E-state index contributed by atoms with van der Waals surface area (Å²) < 4.78 is 0. The molecule has 0 N–H and O–H groups in total. The summed E-state index contributed by atoms with van der Waals surface area (Å²) in [6, 6.07) is 7.14. The Morgan fingerprint density at radius 2 is 1.43 bits per heavy atom. The summed E-state index contributed by atoms with van der Waals surface area (Å²) in [7, 11) is 0. The first-order chi connectivity index (χ1) is 6.13. The molecule has 0 aromatic heterocycles. The number of hydrazine groups is 2. The van der Waals surface area contributed by atoms with Crippen molar-refractivity contribution >= 4 is 14.1 Å². The molecule has 8 heteroatoms. The maximum atomic E-state index is 10.2. The lowest BCUT2D eigenvalue weighted by Crippen LogP contribution is -2.35. The van der Waals surface area contributed by atoms with Crippen molar-refractivity contribution in [2.75, 3.05) is 5.12 Å². The standard InChI is InChI=1S/C6H5N3O4.B/c10-8(11)7(9(12)13)6-4-2-1-3-5-6;/h1-5H;. The van der Waals surface area contributed by atoms with Crippen molar-refractivity contribution in [2.45, 2.75) is 0 Å². The van der Waals surface area contributed by atoms with Crippen molar-refractivity contribution in [1.29, 1.82) is 0 Å². The van der Waals surface area contributed by atoms with Crippen LogP contribution in [0.4, 0.5) is 5.69 Å². The second-order valence-corrected chi connectivity index (χ2v) is 2.10. The fourth-order valence-corrected chi connectivity index (χ4v) is 0.810. The smallest absolute Gasteiger partial charge is 0.228 e. The van der Waals surface area contributed by atoms with Gasteiger partial charge in [-0.3, -0.25) is 0 Å². The normalized spacial score (nSPS) is 8.57. The molecule has 0 aliphatic rings. The van der Waals surface area contributed by atoms with E-state index in [0.29, 0.717) is 0 Å². The van der Waals surface area contributed by atoms with Crippen LogP contribution in [0.25, 0.3) is 0 Å². The highest BCUT2D eigenvalue weighted by Gasteiger charge is 2.29.